The number of carbonyl (C=O) groups excluding carboxylic acids is 2. The highest BCUT2D eigenvalue weighted by Crippen LogP contribution is 2.32. The molecule has 1 fully saturated rings. The third-order valence-corrected chi connectivity index (χ3v) is 3.82. The lowest BCUT2D eigenvalue weighted by Crippen LogP contribution is -2.08. The Kier molecular flexibility index (Phi) is 9.03. The van der Waals surface area contributed by atoms with Crippen molar-refractivity contribution in [2.75, 3.05) is 13.2 Å². The molecule has 0 saturated heterocycles. The van der Waals surface area contributed by atoms with Gasteiger partial charge in [0.25, 0.3) is 0 Å². The van der Waals surface area contributed by atoms with Crippen LogP contribution in [0.1, 0.15) is 74.7 Å². The molecular formula is C19H28O4. The first-order chi connectivity index (χ1) is 11.1. The van der Waals surface area contributed by atoms with Gasteiger partial charge in [0.05, 0.1) is 18.8 Å². The second-order valence-electron chi connectivity index (χ2n) is 5.61. The fraction of sp³-hybridized carbons (Fsp3) is 0.579. The Labute approximate surface area is 139 Å². The van der Waals surface area contributed by atoms with E-state index in [0.29, 0.717) is 24.7 Å². The zero-order valence-electron chi connectivity index (χ0n) is 14.5. The minimum atomic E-state index is -0.211. The summed E-state index contributed by atoms with van der Waals surface area (Å²) in [6.07, 6.45) is 6.50. The topological polar surface area (TPSA) is 52.6 Å². The van der Waals surface area contributed by atoms with Crippen LogP contribution in [0.15, 0.2) is 24.3 Å². The molecule has 128 valence electrons. The normalized spacial score (nSPS) is 14.4. The van der Waals surface area contributed by atoms with E-state index in [-0.39, 0.29) is 11.9 Å². The quantitative estimate of drug-likeness (QED) is 0.768. The molecule has 0 heterocycles. The Morgan fingerprint density at radius 3 is 2.22 bits per heavy atom. The molecule has 0 radical (unpaired) electrons. The van der Waals surface area contributed by atoms with Gasteiger partial charge in [0.1, 0.15) is 0 Å². The van der Waals surface area contributed by atoms with Gasteiger partial charge in [-0.15, -0.1) is 0 Å². The molecule has 0 unspecified atom stereocenters. The maximum atomic E-state index is 11.7. The largest absolute Gasteiger partial charge is 0.466 e. The first kappa shape index (κ1) is 19.2. The number of benzene rings is 1. The Morgan fingerprint density at radius 2 is 1.70 bits per heavy atom. The van der Waals surface area contributed by atoms with Crippen molar-refractivity contribution >= 4 is 11.9 Å². The van der Waals surface area contributed by atoms with E-state index >= 15 is 0 Å². The molecule has 1 aromatic rings. The van der Waals surface area contributed by atoms with Gasteiger partial charge in [-0.25, -0.2) is 4.79 Å². The molecule has 0 bridgehead atoms. The SMILES string of the molecule is CCOC(=O)c1cccc(C2CCCCC2)c1.CCOC(C)=O. The van der Waals surface area contributed by atoms with Crippen molar-refractivity contribution in [2.45, 2.75) is 58.8 Å². The summed E-state index contributed by atoms with van der Waals surface area (Å²) in [6, 6.07) is 7.95. The number of rotatable bonds is 4. The molecule has 0 atom stereocenters. The van der Waals surface area contributed by atoms with Crippen molar-refractivity contribution in [3.05, 3.63) is 35.4 Å². The van der Waals surface area contributed by atoms with Gasteiger partial charge in [-0.3, -0.25) is 4.79 Å². The maximum Gasteiger partial charge on any atom is 0.338 e. The number of hydrogen-bond acceptors (Lipinski definition) is 4. The zero-order valence-corrected chi connectivity index (χ0v) is 14.5. The van der Waals surface area contributed by atoms with Crippen LogP contribution in [-0.4, -0.2) is 25.2 Å². The fourth-order valence-corrected chi connectivity index (χ4v) is 2.77. The summed E-state index contributed by atoms with van der Waals surface area (Å²) in [5.74, 6) is 0.223. The van der Waals surface area contributed by atoms with Crippen LogP contribution in [0.3, 0.4) is 0 Å². The lowest BCUT2D eigenvalue weighted by atomic mass is 9.84. The molecule has 1 aromatic carbocycles. The van der Waals surface area contributed by atoms with Crippen LogP contribution in [0.4, 0.5) is 0 Å². The third-order valence-electron chi connectivity index (χ3n) is 3.82. The zero-order chi connectivity index (χ0) is 17.1. The second kappa shape index (κ2) is 10.8. The van der Waals surface area contributed by atoms with Gasteiger partial charge in [-0.05, 0) is 50.3 Å². The van der Waals surface area contributed by atoms with Crippen LogP contribution in [0.5, 0.6) is 0 Å². The summed E-state index contributed by atoms with van der Waals surface area (Å²) >= 11 is 0. The first-order valence-corrected chi connectivity index (χ1v) is 8.48. The van der Waals surface area contributed by atoms with Crippen LogP contribution in [0.2, 0.25) is 0 Å². The Morgan fingerprint density at radius 1 is 1.04 bits per heavy atom. The molecule has 23 heavy (non-hydrogen) atoms. The van der Waals surface area contributed by atoms with E-state index in [1.807, 2.05) is 25.1 Å². The van der Waals surface area contributed by atoms with Crippen LogP contribution in [0, 0.1) is 0 Å². The van der Waals surface area contributed by atoms with Gasteiger partial charge >= 0.3 is 11.9 Å². The highest BCUT2D eigenvalue weighted by molar-refractivity contribution is 5.89. The smallest absolute Gasteiger partial charge is 0.338 e. The lowest BCUT2D eigenvalue weighted by molar-refractivity contribution is -0.140. The second-order valence-corrected chi connectivity index (χ2v) is 5.61. The lowest BCUT2D eigenvalue weighted by Gasteiger charge is -2.22. The standard InChI is InChI=1S/C15H20O2.C4H8O2/c1-2-17-15(16)14-10-6-9-13(11-14)12-7-4-3-5-8-12;1-3-6-4(2)5/h6,9-12H,2-5,7-8H2,1H3;3H2,1-2H3. The minimum absolute atomic E-state index is 0.204. The fourth-order valence-electron chi connectivity index (χ4n) is 2.77. The number of carbonyl (C=O) groups is 2. The number of esters is 2. The van der Waals surface area contributed by atoms with Gasteiger partial charge in [0.2, 0.25) is 0 Å². The van der Waals surface area contributed by atoms with E-state index in [1.54, 1.807) is 6.92 Å². The van der Waals surface area contributed by atoms with Crippen molar-refractivity contribution in [1.82, 2.24) is 0 Å². The number of hydrogen-bond donors (Lipinski definition) is 0. The summed E-state index contributed by atoms with van der Waals surface area (Å²) in [4.78, 5) is 21.5. The molecule has 0 aromatic heterocycles. The molecule has 0 N–H and O–H groups in total. The van der Waals surface area contributed by atoms with Crippen molar-refractivity contribution in [3.63, 3.8) is 0 Å². The predicted octanol–water partition coefficient (Wildman–Crippen LogP) is 4.48. The van der Waals surface area contributed by atoms with E-state index in [4.69, 9.17) is 4.74 Å². The number of ether oxygens (including phenoxy) is 2. The van der Waals surface area contributed by atoms with E-state index in [2.05, 4.69) is 10.8 Å². The maximum absolute atomic E-state index is 11.7. The summed E-state index contributed by atoms with van der Waals surface area (Å²) in [5, 5.41) is 0. The molecule has 0 aliphatic heterocycles. The molecular weight excluding hydrogens is 292 g/mol. The third kappa shape index (κ3) is 7.31. The van der Waals surface area contributed by atoms with Gasteiger partial charge in [-0.2, -0.15) is 0 Å². The van der Waals surface area contributed by atoms with Crippen LogP contribution in [0.25, 0.3) is 0 Å². The monoisotopic (exact) mass is 320 g/mol. The van der Waals surface area contributed by atoms with E-state index < -0.39 is 0 Å². The summed E-state index contributed by atoms with van der Waals surface area (Å²) in [7, 11) is 0. The molecule has 4 heteroatoms. The van der Waals surface area contributed by atoms with Crippen LogP contribution < -0.4 is 0 Å². The van der Waals surface area contributed by atoms with Gasteiger partial charge in [-0.1, -0.05) is 31.4 Å². The molecule has 0 amide bonds. The van der Waals surface area contributed by atoms with Crippen molar-refractivity contribution in [2.24, 2.45) is 0 Å². The minimum Gasteiger partial charge on any atom is -0.466 e. The van der Waals surface area contributed by atoms with Crippen LogP contribution in [-0.2, 0) is 14.3 Å². The van der Waals surface area contributed by atoms with Gasteiger partial charge < -0.3 is 9.47 Å². The summed E-state index contributed by atoms with van der Waals surface area (Å²) in [6.45, 7) is 5.93. The van der Waals surface area contributed by atoms with E-state index in [0.717, 1.165) is 0 Å². The van der Waals surface area contributed by atoms with Gasteiger partial charge in [0.15, 0.2) is 0 Å². The summed E-state index contributed by atoms with van der Waals surface area (Å²) < 4.78 is 9.43. The predicted molar refractivity (Wildman–Crippen MR) is 90.5 cm³/mol. The molecule has 1 aliphatic carbocycles. The Hall–Kier alpha value is -1.84. The molecule has 1 aliphatic rings. The average molecular weight is 320 g/mol. The Balaban J connectivity index is 0.000000379. The average Bonchev–Trinajstić information content (AvgIpc) is 2.56. The van der Waals surface area contributed by atoms with Crippen molar-refractivity contribution in [1.29, 1.82) is 0 Å². The van der Waals surface area contributed by atoms with Crippen LogP contribution >= 0.6 is 0 Å². The molecule has 4 nitrogen and oxygen atoms in total. The molecule has 0 spiro atoms. The highest BCUT2D eigenvalue weighted by Gasteiger charge is 2.16. The van der Waals surface area contributed by atoms with E-state index in [1.165, 1.54) is 44.6 Å². The highest BCUT2D eigenvalue weighted by atomic mass is 16.5. The van der Waals surface area contributed by atoms with Crippen molar-refractivity contribution in [3.8, 4) is 0 Å². The Bertz CT molecular complexity index is 490. The van der Waals surface area contributed by atoms with Gasteiger partial charge in [0, 0.05) is 6.92 Å². The first-order valence-electron chi connectivity index (χ1n) is 8.48. The van der Waals surface area contributed by atoms with E-state index in [9.17, 15) is 9.59 Å². The van der Waals surface area contributed by atoms with Crippen molar-refractivity contribution < 1.29 is 19.1 Å². The molecule has 1 saturated carbocycles. The molecule has 2 rings (SSSR count). The summed E-state index contributed by atoms with van der Waals surface area (Å²) in [5.41, 5.74) is 1.99.